The third kappa shape index (κ3) is 6.26. The minimum Gasteiger partial charge on any atom is -0.461 e. The molecule has 0 radical (unpaired) electrons. The molecule has 2 aromatic carbocycles. The van der Waals surface area contributed by atoms with Crippen molar-refractivity contribution in [2.75, 3.05) is 44.4 Å². The summed E-state index contributed by atoms with van der Waals surface area (Å²) in [6, 6.07) is 11.3. The van der Waals surface area contributed by atoms with Crippen molar-refractivity contribution in [2.45, 2.75) is 37.4 Å². The van der Waals surface area contributed by atoms with E-state index in [4.69, 9.17) is 14.6 Å². The molecule has 1 aliphatic heterocycles. The van der Waals surface area contributed by atoms with E-state index in [1.165, 1.54) is 11.8 Å². The average Bonchev–Trinajstić information content (AvgIpc) is 2.90. The SMILES string of the molecule is C[C@@H](C(=O)OC[C@@H](O)[C@@H](O)[C@H](O)[C@H](O)CO)N(C(=O)N1CCOCC1)c1cccc2ccccc12. The quantitative estimate of drug-likeness (QED) is 0.290. The summed E-state index contributed by atoms with van der Waals surface area (Å²) in [6.07, 6.45) is -7.13. The van der Waals surface area contributed by atoms with Crippen LogP contribution in [0.3, 0.4) is 0 Å². The van der Waals surface area contributed by atoms with Gasteiger partial charge in [-0.1, -0.05) is 36.4 Å². The smallest absolute Gasteiger partial charge is 0.329 e. The van der Waals surface area contributed by atoms with Crippen LogP contribution in [0.5, 0.6) is 0 Å². The van der Waals surface area contributed by atoms with Crippen molar-refractivity contribution < 1.29 is 44.6 Å². The normalized spacial score (nSPS) is 18.4. The lowest BCUT2D eigenvalue weighted by Crippen LogP contribution is -2.54. The highest BCUT2D eigenvalue weighted by Gasteiger charge is 2.35. The van der Waals surface area contributed by atoms with Crippen LogP contribution in [-0.4, -0.2) is 112 Å². The highest BCUT2D eigenvalue weighted by molar-refractivity contribution is 6.06. The first-order valence-electron chi connectivity index (χ1n) is 11.4. The maximum Gasteiger partial charge on any atom is 0.329 e. The van der Waals surface area contributed by atoms with E-state index in [0.29, 0.717) is 32.0 Å². The Hall–Kier alpha value is -2.80. The number of amides is 2. The Morgan fingerprint density at radius 2 is 1.63 bits per heavy atom. The van der Waals surface area contributed by atoms with Crippen molar-refractivity contribution in [3.05, 3.63) is 42.5 Å². The summed E-state index contributed by atoms with van der Waals surface area (Å²) >= 11 is 0. The predicted molar refractivity (Wildman–Crippen MR) is 126 cm³/mol. The summed E-state index contributed by atoms with van der Waals surface area (Å²) in [5.74, 6) is -0.844. The Bertz CT molecular complexity index is 993. The van der Waals surface area contributed by atoms with Gasteiger partial charge in [0.15, 0.2) is 0 Å². The number of anilines is 1. The molecule has 5 N–H and O–H groups in total. The van der Waals surface area contributed by atoms with Crippen LogP contribution in [0.2, 0.25) is 0 Å². The zero-order valence-corrected chi connectivity index (χ0v) is 19.4. The van der Waals surface area contributed by atoms with Crippen LogP contribution >= 0.6 is 0 Å². The van der Waals surface area contributed by atoms with Gasteiger partial charge in [0.2, 0.25) is 0 Å². The van der Waals surface area contributed by atoms with Crippen LogP contribution in [0.25, 0.3) is 10.8 Å². The molecule has 0 aliphatic carbocycles. The number of ether oxygens (including phenoxy) is 2. The molecular weight excluding hydrogens is 460 g/mol. The van der Waals surface area contributed by atoms with Crippen LogP contribution in [0, 0.1) is 0 Å². The number of hydrogen-bond donors (Lipinski definition) is 5. The van der Waals surface area contributed by atoms with Crippen molar-refractivity contribution in [1.29, 1.82) is 0 Å². The predicted octanol–water partition coefficient (Wildman–Crippen LogP) is -0.534. The molecule has 2 amide bonds. The molecule has 1 fully saturated rings. The van der Waals surface area contributed by atoms with Crippen molar-refractivity contribution in [3.63, 3.8) is 0 Å². The van der Waals surface area contributed by atoms with E-state index in [2.05, 4.69) is 0 Å². The summed E-state index contributed by atoms with van der Waals surface area (Å²) in [6.45, 7) is 1.44. The van der Waals surface area contributed by atoms with Crippen molar-refractivity contribution in [2.24, 2.45) is 0 Å². The van der Waals surface area contributed by atoms with Gasteiger partial charge in [0, 0.05) is 18.5 Å². The van der Waals surface area contributed by atoms with Crippen molar-refractivity contribution >= 4 is 28.5 Å². The zero-order chi connectivity index (χ0) is 25.5. The third-order valence-corrected chi connectivity index (χ3v) is 5.96. The van der Waals surface area contributed by atoms with E-state index >= 15 is 0 Å². The molecule has 3 rings (SSSR count). The average molecular weight is 493 g/mol. The molecule has 1 heterocycles. The zero-order valence-electron chi connectivity index (χ0n) is 19.4. The summed E-state index contributed by atoms with van der Waals surface area (Å²) in [7, 11) is 0. The number of benzene rings is 2. The molecule has 5 atom stereocenters. The van der Waals surface area contributed by atoms with Crippen LogP contribution in [-0.2, 0) is 14.3 Å². The number of carbonyl (C=O) groups is 2. The number of morpholine rings is 1. The number of carbonyl (C=O) groups excluding carboxylic acids is 2. The van der Waals surface area contributed by atoms with Gasteiger partial charge in [-0.3, -0.25) is 4.90 Å². The highest BCUT2D eigenvalue weighted by Crippen LogP contribution is 2.29. The molecule has 2 aromatic rings. The Balaban J connectivity index is 1.82. The first kappa shape index (κ1) is 26.8. The molecule has 35 heavy (non-hydrogen) atoms. The molecule has 0 saturated carbocycles. The van der Waals surface area contributed by atoms with E-state index < -0.39 is 55.7 Å². The second-order valence-electron chi connectivity index (χ2n) is 8.35. The van der Waals surface area contributed by atoms with Crippen LogP contribution < -0.4 is 4.90 Å². The molecule has 1 saturated heterocycles. The van der Waals surface area contributed by atoms with E-state index in [-0.39, 0.29) is 0 Å². The lowest BCUT2D eigenvalue weighted by molar-refractivity contribution is -0.157. The van der Waals surface area contributed by atoms with Crippen molar-refractivity contribution in [3.8, 4) is 0 Å². The first-order valence-corrected chi connectivity index (χ1v) is 11.4. The number of hydrogen-bond acceptors (Lipinski definition) is 9. The lowest BCUT2D eigenvalue weighted by Gasteiger charge is -2.36. The molecule has 11 nitrogen and oxygen atoms in total. The largest absolute Gasteiger partial charge is 0.461 e. The summed E-state index contributed by atoms with van der Waals surface area (Å²) in [5, 5.41) is 49.8. The lowest BCUT2D eigenvalue weighted by atomic mass is 10.0. The monoisotopic (exact) mass is 492 g/mol. The molecule has 1 aliphatic rings. The number of rotatable bonds is 9. The van der Waals surface area contributed by atoms with Gasteiger partial charge in [-0.25, -0.2) is 9.59 Å². The van der Waals surface area contributed by atoms with Gasteiger partial charge in [0.05, 0.1) is 25.5 Å². The van der Waals surface area contributed by atoms with E-state index in [1.54, 1.807) is 17.0 Å². The molecule has 0 bridgehead atoms. The standard InChI is InChI=1S/C24H32N2O9/c1-15(23(32)35-14-20(29)22(31)21(30)19(28)13-27)26(24(33)25-9-11-34-12-10-25)18-8-4-6-16-5-2-3-7-17(16)18/h2-8,15,19-22,27-31H,9-14H2,1H3/t15-,19+,20+,21+,22+/m0/s1. The molecule has 0 unspecified atom stereocenters. The Kier molecular flexibility index (Phi) is 9.38. The Labute approximate surface area is 202 Å². The summed E-state index contributed by atoms with van der Waals surface area (Å²) in [5.41, 5.74) is 0.506. The second kappa shape index (κ2) is 12.2. The topological polar surface area (TPSA) is 160 Å². The van der Waals surface area contributed by atoms with Crippen LogP contribution in [0.4, 0.5) is 10.5 Å². The van der Waals surface area contributed by atoms with Gasteiger partial charge in [0.25, 0.3) is 0 Å². The maximum absolute atomic E-state index is 13.5. The van der Waals surface area contributed by atoms with E-state index in [9.17, 15) is 30.0 Å². The Morgan fingerprint density at radius 3 is 2.31 bits per heavy atom. The molecule has 192 valence electrons. The number of urea groups is 1. The van der Waals surface area contributed by atoms with Gasteiger partial charge < -0.3 is 39.9 Å². The fourth-order valence-electron chi connectivity index (χ4n) is 3.86. The van der Waals surface area contributed by atoms with Crippen LogP contribution in [0.1, 0.15) is 6.92 Å². The number of nitrogens with zero attached hydrogens (tertiary/aromatic N) is 2. The third-order valence-electron chi connectivity index (χ3n) is 5.96. The molecular formula is C24H32N2O9. The first-order chi connectivity index (χ1) is 16.8. The minimum atomic E-state index is -1.87. The fourth-order valence-corrected chi connectivity index (χ4v) is 3.86. The second-order valence-corrected chi connectivity index (χ2v) is 8.35. The summed E-state index contributed by atoms with van der Waals surface area (Å²) < 4.78 is 10.5. The summed E-state index contributed by atoms with van der Waals surface area (Å²) in [4.78, 5) is 29.4. The van der Waals surface area contributed by atoms with Crippen molar-refractivity contribution in [1.82, 2.24) is 4.90 Å². The Morgan fingerprint density at radius 1 is 1.00 bits per heavy atom. The number of aliphatic hydroxyl groups excluding tert-OH is 5. The fraction of sp³-hybridized carbons (Fsp3) is 0.500. The van der Waals surface area contributed by atoms with E-state index in [1.807, 2.05) is 30.3 Å². The number of fused-ring (bicyclic) bond motifs is 1. The van der Waals surface area contributed by atoms with Gasteiger partial charge in [-0.2, -0.15) is 0 Å². The minimum absolute atomic E-state index is 0.359. The van der Waals surface area contributed by atoms with Crippen LogP contribution in [0.15, 0.2) is 42.5 Å². The molecule has 0 spiro atoms. The van der Waals surface area contributed by atoms with Gasteiger partial charge in [-0.15, -0.1) is 0 Å². The number of esters is 1. The van der Waals surface area contributed by atoms with Gasteiger partial charge in [-0.05, 0) is 18.4 Å². The van der Waals surface area contributed by atoms with Gasteiger partial charge in [0.1, 0.15) is 37.1 Å². The molecule has 0 aromatic heterocycles. The maximum atomic E-state index is 13.5. The van der Waals surface area contributed by atoms with Gasteiger partial charge >= 0.3 is 12.0 Å². The molecule has 11 heteroatoms. The number of aliphatic hydroxyl groups is 5. The van der Waals surface area contributed by atoms with E-state index in [0.717, 1.165) is 10.8 Å². The highest BCUT2D eigenvalue weighted by atomic mass is 16.5.